The van der Waals surface area contributed by atoms with Gasteiger partial charge in [-0.25, -0.2) is 0 Å². The van der Waals surface area contributed by atoms with Crippen molar-refractivity contribution in [3.63, 3.8) is 0 Å². The number of aromatic nitrogens is 2. The minimum atomic E-state index is 0.302. The topological polar surface area (TPSA) is 37.8 Å². The van der Waals surface area contributed by atoms with Crippen LogP contribution in [0.4, 0.5) is 0 Å². The third kappa shape index (κ3) is 1.51. The summed E-state index contributed by atoms with van der Waals surface area (Å²) in [6, 6.07) is 0.302. The molecule has 3 nitrogen and oxygen atoms in total. The van der Waals surface area contributed by atoms with Gasteiger partial charge in [-0.15, -0.1) is 10.2 Å². The number of hydrogen-bond acceptors (Lipinski definition) is 4. The van der Waals surface area contributed by atoms with Gasteiger partial charge in [0.25, 0.3) is 0 Å². The predicted molar refractivity (Wildman–Crippen MR) is 67.7 cm³/mol. The fourth-order valence-electron chi connectivity index (χ4n) is 2.48. The SMILES string of the molecule is CNC(C)c1nnc(C2C(C)(C)C2(C)C)s1. The Kier molecular flexibility index (Phi) is 2.63. The number of rotatable bonds is 3. The van der Waals surface area contributed by atoms with Gasteiger partial charge in [-0.2, -0.15) is 0 Å². The molecule has 1 atom stereocenters. The molecule has 2 rings (SSSR count). The lowest BCUT2D eigenvalue weighted by molar-refractivity contribution is 0.457. The van der Waals surface area contributed by atoms with Crippen molar-refractivity contribution in [1.29, 1.82) is 0 Å². The van der Waals surface area contributed by atoms with E-state index in [1.54, 1.807) is 11.3 Å². The van der Waals surface area contributed by atoms with Gasteiger partial charge in [0.05, 0.1) is 6.04 Å². The molecule has 1 aliphatic rings. The molecule has 1 aliphatic carbocycles. The Labute approximate surface area is 102 Å². The highest BCUT2D eigenvalue weighted by atomic mass is 32.1. The third-order valence-electron chi connectivity index (χ3n) is 4.53. The quantitative estimate of drug-likeness (QED) is 0.881. The molecule has 0 radical (unpaired) electrons. The van der Waals surface area contributed by atoms with E-state index in [9.17, 15) is 0 Å². The van der Waals surface area contributed by atoms with Crippen molar-refractivity contribution in [2.45, 2.75) is 46.6 Å². The lowest BCUT2D eigenvalue weighted by atomic mass is 10.0. The van der Waals surface area contributed by atoms with Crippen LogP contribution < -0.4 is 5.32 Å². The number of nitrogens with zero attached hydrogens (tertiary/aromatic N) is 2. The van der Waals surface area contributed by atoms with E-state index in [1.165, 1.54) is 5.01 Å². The molecule has 0 amide bonds. The smallest absolute Gasteiger partial charge is 0.134 e. The van der Waals surface area contributed by atoms with Crippen LogP contribution in [0.5, 0.6) is 0 Å². The van der Waals surface area contributed by atoms with Crippen LogP contribution in [-0.2, 0) is 0 Å². The van der Waals surface area contributed by atoms with Gasteiger partial charge in [-0.05, 0) is 24.8 Å². The summed E-state index contributed by atoms with van der Waals surface area (Å²) >= 11 is 1.76. The zero-order chi connectivity index (χ0) is 12.1. The minimum Gasteiger partial charge on any atom is -0.311 e. The summed E-state index contributed by atoms with van der Waals surface area (Å²) in [6.07, 6.45) is 0. The molecule has 0 aliphatic heterocycles. The van der Waals surface area contributed by atoms with E-state index in [0.29, 0.717) is 22.8 Å². The summed E-state index contributed by atoms with van der Waals surface area (Å²) in [7, 11) is 1.96. The molecule has 1 aromatic rings. The van der Waals surface area contributed by atoms with Gasteiger partial charge in [-0.3, -0.25) is 0 Å². The highest BCUT2D eigenvalue weighted by molar-refractivity contribution is 7.11. The Morgan fingerprint density at radius 2 is 1.75 bits per heavy atom. The standard InChI is InChI=1S/C12H21N3S/c1-7(13-6)9-14-15-10(16-9)8-11(2,3)12(8,4)5/h7-8,13H,1-6H3. The van der Waals surface area contributed by atoms with E-state index < -0.39 is 0 Å². The molecule has 0 saturated heterocycles. The van der Waals surface area contributed by atoms with E-state index in [2.05, 4.69) is 50.1 Å². The molecule has 0 spiro atoms. The van der Waals surface area contributed by atoms with Gasteiger partial charge in [-0.1, -0.05) is 39.0 Å². The van der Waals surface area contributed by atoms with E-state index >= 15 is 0 Å². The second-order valence-corrected chi connectivity index (χ2v) is 6.91. The lowest BCUT2D eigenvalue weighted by Crippen LogP contribution is -2.11. The maximum absolute atomic E-state index is 4.37. The van der Waals surface area contributed by atoms with Gasteiger partial charge in [0.1, 0.15) is 10.0 Å². The lowest BCUT2D eigenvalue weighted by Gasteiger charge is -2.03. The Hall–Kier alpha value is -0.480. The average molecular weight is 239 g/mol. The molecular weight excluding hydrogens is 218 g/mol. The second kappa shape index (κ2) is 3.50. The molecule has 90 valence electrons. The van der Waals surface area contributed by atoms with E-state index in [1.807, 2.05) is 7.05 Å². The first-order valence-electron chi connectivity index (χ1n) is 5.83. The minimum absolute atomic E-state index is 0.302. The van der Waals surface area contributed by atoms with Crippen molar-refractivity contribution < 1.29 is 0 Å². The van der Waals surface area contributed by atoms with Crippen LogP contribution in [0, 0.1) is 10.8 Å². The molecule has 0 aromatic carbocycles. The fraction of sp³-hybridized carbons (Fsp3) is 0.833. The Bertz CT molecular complexity index is 381. The van der Waals surface area contributed by atoms with Crippen LogP contribution >= 0.6 is 11.3 Å². The van der Waals surface area contributed by atoms with Crippen molar-refractivity contribution in [3.8, 4) is 0 Å². The van der Waals surface area contributed by atoms with Gasteiger partial charge in [0.15, 0.2) is 0 Å². The monoisotopic (exact) mass is 239 g/mol. The number of nitrogens with one attached hydrogen (secondary N) is 1. The summed E-state index contributed by atoms with van der Waals surface area (Å²) in [5.41, 5.74) is 0.708. The third-order valence-corrected chi connectivity index (χ3v) is 5.70. The molecule has 1 unspecified atom stereocenters. The summed E-state index contributed by atoms with van der Waals surface area (Å²) in [5, 5.41) is 14.2. The Morgan fingerprint density at radius 3 is 2.19 bits per heavy atom. The predicted octanol–water partition coefficient (Wildman–Crippen LogP) is 2.97. The Balaban J connectivity index is 2.22. The maximum Gasteiger partial charge on any atom is 0.134 e. The molecular formula is C12H21N3S. The maximum atomic E-state index is 4.37. The molecule has 16 heavy (non-hydrogen) atoms. The zero-order valence-corrected chi connectivity index (χ0v) is 11.8. The fourth-order valence-corrected chi connectivity index (χ4v) is 3.85. The van der Waals surface area contributed by atoms with Gasteiger partial charge < -0.3 is 5.32 Å². The van der Waals surface area contributed by atoms with Gasteiger partial charge in [0, 0.05) is 5.92 Å². The van der Waals surface area contributed by atoms with Crippen molar-refractivity contribution in [3.05, 3.63) is 10.0 Å². The van der Waals surface area contributed by atoms with Crippen LogP contribution in [0.15, 0.2) is 0 Å². The molecule has 1 heterocycles. The molecule has 1 saturated carbocycles. The zero-order valence-electron chi connectivity index (χ0n) is 11.0. The summed E-state index contributed by atoms with van der Waals surface area (Å²) in [6.45, 7) is 11.4. The van der Waals surface area contributed by atoms with Gasteiger partial charge in [0.2, 0.25) is 0 Å². The van der Waals surface area contributed by atoms with Crippen molar-refractivity contribution >= 4 is 11.3 Å². The molecule has 1 fully saturated rings. The van der Waals surface area contributed by atoms with Crippen LogP contribution in [0.3, 0.4) is 0 Å². The summed E-state index contributed by atoms with van der Waals surface area (Å²) in [4.78, 5) is 0. The molecule has 1 aromatic heterocycles. The highest BCUT2D eigenvalue weighted by Crippen LogP contribution is 2.73. The van der Waals surface area contributed by atoms with Crippen LogP contribution in [0.2, 0.25) is 0 Å². The van der Waals surface area contributed by atoms with E-state index in [0.717, 1.165) is 5.01 Å². The van der Waals surface area contributed by atoms with Crippen LogP contribution in [-0.4, -0.2) is 17.2 Å². The van der Waals surface area contributed by atoms with Crippen LogP contribution in [0.25, 0.3) is 0 Å². The van der Waals surface area contributed by atoms with E-state index in [-0.39, 0.29) is 0 Å². The van der Waals surface area contributed by atoms with Gasteiger partial charge >= 0.3 is 0 Å². The molecule has 4 heteroatoms. The first-order chi connectivity index (χ1) is 7.32. The second-order valence-electron chi connectivity index (χ2n) is 5.87. The first-order valence-corrected chi connectivity index (χ1v) is 6.64. The normalized spacial score (nSPS) is 24.4. The Morgan fingerprint density at radius 1 is 1.19 bits per heavy atom. The number of hydrogen-bond donors (Lipinski definition) is 1. The first kappa shape index (κ1) is 12.0. The largest absolute Gasteiger partial charge is 0.311 e. The average Bonchev–Trinajstić information content (AvgIpc) is 2.60. The van der Waals surface area contributed by atoms with Crippen molar-refractivity contribution in [2.24, 2.45) is 10.8 Å². The van der Waals surface area contributed by atoms with Crippen molar-refractivity contribution in [2.75, 3.05) is 7.05 Å². The highest BCUT2D eigenvalue weighted by Gasteiger charge is 2.66. The van der Waals surface area contributed by atoms with E-state index in [4.69, 9.17) is 0 Å². The molecule has 1 N–H and O–H groups in total. The molecule has 0 bridgehead atoms. The summed E-state index contributed by atoms with van der Waals surface area (Å²) in [5.74, 6) is 0.565. The van der Waals surface area contributed by atoms with Crippen LogP contribution in [0.1, 0.15) is 56.6 Å². The summed E-state index contributed by atoms with van der Waals surface area (Å²) < 4.78 is 0. The van der Waals surface area contributed by atoms with Crippen molar-refractivity contribution in [1.82, 2.24) is 15.5 Å².